The van der Waals surface area contributed by atoms with Crippen molar-refractivity contribution in [2.45, 2.75) is 25.0 Å². The zero-order chi connectivity index (χ0) is 21.7. The van der Waals surface area contributed by atoms with E-state index in [1.54, 1.807) is 36.4 Å². The molecular weight excluding hydrogens is 416 g/mol. The summed E-state index contributed by atoms with van der Waals surface area (Å²) < 4.78 is 36.7. The van der Waals surface area contributed by atoms with E-state index in [1.807, 2.05) is 6.07 Å². The Labute approximate surface area is 172 Å². The topological polar surface area (TPSA) is 134 Å². The number of ether oxygens (including phenoxy) is 2. The van der Waals surface area contributed by atoms with Gasteiger partial charge in [-0.3, -0.25) is 0 Å². The van der Waals surface area contributed by atoms with Gasteiger partial charge in [0.1, 0.15) is 18.8 Å². The SMILES string of the molecule is CS(=O)(=O)NC(Cc1ccccc1)C(=O)Oc1cccc2c1OC[C@H](O[N+](=O)[O-])C2. The van der Waals surface area contributed by atoms with Crippen LogP contribution in [0.25, 0.3) is 0 Å². The van der Waals surface area contributed by atoms with Gasteiger partial charge in [-0.25, -0.2) is 17.9 Å². The van der Waals surface area contributed by atoms with E-state index in [1.165, 1.54) is 6.07 Å². The minimum Gasteiger partial charge on any atom is -0.487 e. The number of fused-ring (bicyclic) bond motifs is 1. The Kier molecular flexibility index (Phi) is 6.53. The van der Waals surface area contributed by atoms with Gasteiger partial charge >= 0.3 is 5.97 Å². The Morgan fingerprint density at radius 3 is 2.67 bits per heavy atom. The van der Waals surface area contributed by atoms with Crippen molar-refractivity contribution in [1.82, 2.24) is 4.72 Å². The average Bonchev–Trinajstić information content (AvgIpc) is 2.67. The Morgan fingerprint density at radius 1 is 1.27 bits per heavy atom. The van der Waals surface area contributed by atoms with Crippen molar-refractivity contribution in [3.05, 3.63) is 69.8 Å². The van der Waals surface area contributed by atoms with Gasteiger partial charge in [0, 0.05) is 12.0 Å². The Morgan fingerprint density at radius 2 is 2.00 bits per heavy atom. The van der Waals surface area contributed by atoms with Gasteiger partial charge in [-0.05, 0) is 18.1 Å². The number of sulfonamides is 1. The number of para-hydroxylation sites is 1. The first-order chi connectivity index (χ1) is 14.2. The van der Waals surface area contributed by atoms with Crippen LogP contribution in [0.3, 0.4) is 0 Å². The van der Waals surface area contributed by atoms with Gasteiger partial charge in [0.15, 0.2) is 11.5 Å². The van der Waals surface area contributed by atoms with Crippen LogP contribution in [-0.2, 0) is 32.5 Å². The fourth-order valence-corrected chi connectivity index (χ4v) is 3.79. The van der Waals surface area contributed by atoms with Crippen LogP contribution in [-0.4, -0.2) is 44.5 Å². The fourth-order valence-electron chi connectivity index (χ4n) is 3.10. The standard InChI is InChI=1S/C19H20N2O8S/c1-30(25,26)20-16(10-13-6-3-2-4-7-13)19(22)28-17-9-5-8-14-11-15(29-21(23)24)12-27-18(14)17/h2-9,15-16,20H,10-12H2,1H3/t15-,16?/m1/s1. The van der Waals surface area contributed by atoms with Gasteiger partial charge in [-0.1, -0.05) is 42.5 Å². The highest BCUT2D eigenvalue weighted by molar-refractivity contribution is 7.88. The second-order valence-electron chi connectivity index (χ2n) is 6.76. The van der Waals surface area contributed by atoms with Crippen molar-refractivity contribution in [3.8, 4) is 11.5 Å². The van der Waals surface area contributed by atoms with E-state index in [0.29, 0.717) is 5.56 Å². The maximum atomic E-state index is 12.8. The molecule has 0 spiro atoms. The van der Waals surface area contributed by atoms with Crippen LogP contribution in [0.1, 0.15) is 11.1 Å². The average molecular weight is 436 g/mol. The van der Waals surface area contributed by atoms with Crippen molar-refractivity contribution >= 4 is 16.0 Å². The number of hydrogen-bond donors (Lipinski definition) is 1. The summed E-state index contributed by atoms with van der Waals surface area (Å²) in [6, 6.07) is 12.6. The van der Waals surface area contributed by atoms with Gasteiger partial charge in [0.2, 0.25) is 10.0 Å². The first-order valence-electron chi connectivity index (χ1n) is 9.00. The summed E-state index contributed by atoms with van der Waals surface area (Å²) in [6.07, 6.45) is 0.496. The molecule has 11 heteroatoms. The fraction of sp³-hybridized carbons (Fsp3) is 0.316. The molecule has 30 heavy (non-hydrogen) atoms. The molecule has 0 saturated carbocycles. The second-order valence-corrected chi connectivity index (χ2v) is 8.54. The zero-order valence-corrected chi connectivity index (χ0v) is 16.8. The lowest BCUT2D eigenvalue weighted by molar-refractivity contribution is -0.769. The molecule has 1 N–H and O–H groups in total. The van der Waals surface area contributed by atoms with Crippen LogP contribution in [0.4, 0.5) is 0 Å². The maximum absolute atomic E-state index is 12.8. The van der Waals surface area contributed by atoms with Gasteiger partial charge in [0.25, 0.3) is 5.09 Å². The summed E-state index contributed by atoms with van der Waals surface area (Å²) in [5, 5.41) is 9.65. The number of carbonyl (C=O) groups is 1. The highest BCUT2D eigenvalue weighted by Crippen LogP contribution is 2.35. The van der Waals surface area contributed by atoms with E-state index < -0.39 is 33.2 Å². The molecule has 0 fully saturated rings. The highest BCUT2D eigenvalue weighted by atomic mass is 32.2. The molecule has 1 unspecified atom stereocenters. The normalized spacial score (nSPS) is 16.6. The van der Waals surface area contributed by atoms with Crippen molar-refractivity contribution in [2.24, 2.45) is 0 Å². The van der Waals surface area contributed by atoms with Crippen LogP contribution < -0.4 is 14.2 Å². The number of nitrogens with one attached hydrogen (secondary N) is 1. The predicted molar refractivity (Wildman–Crippen MR) is 105 cm³/mol. The molecule has 0 bridgehead atoms. The van der Waals surface area contributed by atoms with Crippen LogP contribution in [0.5, 0.6) is 11.5 Å². The summed E-state index contributed by atoms with van der Waals surface area (Å²) in [5.41, 5.74) is 1.33. The molecule has 3 rings (SSSR count). The smallest absolute Gasteiger partial charge is 0.330 e. The van der Waals surface area contributed by atoms with Crippen LogP contribution in [0.15, 0.2) is 48.5 Å². The van der Waals surface area contributed by atoms with Crippen molar-refractivity contribution < 1.29 is 32.6 Å². The first kappa shape index (κ1) is 21.5. The molecule has 0 aromatic heterocycles. The largest absolute Gasteiger partial charge is 0.487 e. The third-order valence-corrected chi connectivity index (χ3v) is 5.00. The van der Waals surface area contributed by atoms with Gasteiger partial charge in [-0.15, -0.1) is 10.1 Å². The molecular formula is C19H20N2O8S. The summed E-state index contributed by atoms with van der Waals surface area (Å²) in [7, 11) is -3.68. The van der Waals surface area contributed by atoms with Gasteiger partial charge < -0.3 is 14.3 Å². The summed E-state index contributed by atoms with van der Waals surface area (Å²) in [4.78, 5) is 27.8. The zero-order valence-electron chi connectivity index (χ0n) is 16.0. The summed E-state index contributed by atoms with van der Waals surface area (Å²) in [6.45, 7) is -0.0857. The molecule has 2 aromatic rings. The van der Waals surface area contributed by atoms with Crippen LogP contribution in [0, 0.1) is 10.1 Å². The monoisotopic (exact) mass is 436 g/mol. The predicted octanol–water partition coefficient (Wildman–Crippen LogP) is 1.26. The van der Waals surface area contributed by atoms with Gasteiger partial charge in [0.05, 0.1) is 6.26 Å². The van der Waals surface area contributed by atoms with Crippen LogP contribution >= 0.6 is 0 Å². The molecule has 1 aliphatic rings. The number of hydrogen-bond acceptors (Lipinski definition) is 8. The van der Waals surface area contributed by atoms with Crippen molar-refractivity contribution in [3.63, 3.8) is 0 Å². The summed E-state index contributed by atoms with van der Waals surface area (Å²) >= 11 is 0. The lowest BCUT2D eigenvalue weighted by Crippen LogP contribution is -2.44. The third kappa shape index (κ3) is 5.91. The van der Waals surface area contributed by atoms with Crippen LogP contribution in [0.2, 0.25) is 0 Å². The van der Waals surface area contributed by atoms with E-state index in [4.69, 9.17) is 9.47 Å². The van der Waals surface area contributed by atoms with E-state index in [9.17, 15) is 23.3 Å². The number of benzene rings is 2. The molecule has 2 atom stereocenters. The first-order valence-corrected chi connectivity index (χ1v) is 10.9. The molecule has 2 aromatic carbocycles. The lowest BCUT2D eigenvalue weighted by Gasteiger charge is -2.25. The Bertz CT molecular complexity index is 1030. The maximum Gasteiger partial charge on any atom is 0.330 e. The number of carbonyl (C=O) groups excluding carboxylic acids is 1. The number of esters is 1. The quantitative estimate of drug-likeness (QED) is 0.283. The van der Waals surface area contributed by atoms with Crippen molar-refractivity contribution in [1.29, 1.82) is 0 Å². The third-order valence-electron chi connectivity index (χ3n) is 4.29. The highest BCUT2D eigenvalue weighted by Gasteiger charge is 2.29. The molecule has 10 nitrogen and oxygen atoms in total. The molecule has 1 heterocycles. The second kappa shape index (κ2) is 9.09. The van der Waals surface area contributed by atoms with E-state index >= 15 is 0 Å². The molecule has 160 valence electrons. The number of rotatable bonds is 8. The minimum absolute atomic E-state index is 0.0857. The summed E-state index contributed by atoms with van der Waals surface area (Å²) in [5.74, 6) is -0.428. The Hall–Kier alpha value is -3.18. The van der Waals surface area contributed by atoms with Gasteiger partial charge in [-0.2, -0.15) is 0 Å². The molecule has 0 amide bonds. The van der Waals surface area contributed by atoms with E-state index in [-0.39, 0.29) is 30.9 Å². The van der Waals surface area contributed by atoms with E-state index in [0.717, 1.165) is 11.8 Å². The molecule has 1 aliphatic heterocycles. The number of nitrogens with zero attached hydrogens (tertiary/aromatic N) is 1. The van der Waals surface area contributed by atoms with Crippen molar-refractivity contribution in [2.75, 3.05) is 12.9 Å². The minimum atomic E-state index is -3.68. The lowest BCUT2D eigenvalue weighted by atomic mass is 10.0. The molecule has 0 saturated heterocycles. The Balaban J connectivity index is 1.78. The molecule has 0 aliphatic carbocycles. The molecule has 0 radical (unpaired) electrons. The van der Waals surface area contributed by atoms with E-state index in [2.05, 4.69) is 9.56 Å².